The van der Waals surface area contributed by atoms with Crippen molar-refractivity contribution < 1.29 is 4.79 Å². The summed E-state index contributed by atoms with van der Waals surface area (Å²) in [5, 5.41) is 7.85. The highest BCUT2D eigenvalue weighted by molar-refractivity contribution is 5.90. The molecule has 1 saturated carbocycles. The van der Waals surface area contributed by atoms with Crippen molar-refractivity contribution in [1.82, 2.24) is 15.3 Å². The Labute approximate surface area is 219 Å². The van der Waals surface area contributed by atoms with Crippen LogP contribution < -0.4 is 15.5 Å². The maximum absolute atomic E-state index is 13.1. The molecule has 0 aliphatic heterocycles. The van der Waals surface area contributed by atoms with Gasteiger partial charge in [-0.1, -0.05) is 72.8 Å². The summed E-state index contributed by atoms with van der Waals surface area (Å²) >= 11 is 0. The number of hydrogen-bond donors (Lipinski definition) is 2. The van der Waals surface area contributed by atoms with Crippen molar-refractivity contribution in [2.45, 2.75) is 37.6 Å². The molecule has 0 spiro atoms. The summed E-state index contributed by atoms with van der Waals surface area (Å²) in [6.07, 6.45) is 3.57. The number of para-hydroxylation sites is 1. The van der Waals surface area contributed by atoms with E-state index in [1.165, 1.54) is 11.1 Å². The number of aromatic nitrogens is 2. The SMILES string of the molecule is CN(C)c1nc(N[C@H]2CC[C@@H](C(=O)NCC(c3ccccc3)c3ccccc3)CC2)nc2ccccc12. The van der Waals surface area contributed by atoms with Gasteiger partial charge in [0, 0.05) is 43.9 Å². The van der Waals surface area contributed by atoms with Gasteiger partial charge < -0.3 is 15.5 Å². The molecule has 0 radical (unpaired) electrons. The molecule has 4 aromatic rings. The maximum atomic E-state index is 13.1. The van der Waals surface area contributed by atoms with Crippen LogP contribution in [-0.2, 0) is 4.79 Å². The molecule has 0 saturated heterocycles. The van der Waals surface area contributed by atoms with Crippen LogP contribution >= 0.6 is 0 Å². The van der Waals surface area contributed by atoms with Crippen LogP contribution in [0.2, 0.25) is 0 Å². The number of anilines is 2. The van der Waals surface area contributed by atoms with E-state index in [1.54, 1.807) is 0 Å². The lowest BCUT2D eigenvalue weighted by Crippen LogP contribution is -2.38. The van der Waals surface area contributed by atoms with E-state index in [4.69, 9.17) is 9.97 Å². The van der Waals surface area contributed by atoms with Crippen LogP contribution in [0.3, 0.4) is 0 Å². The third-order valence-electron chi connectivity index (χ3n) is 7.32. The van der Waals surface area contributed by atoms with Crippen LogP contribution in [0.25, 0.3) is 10.9 Å². The Balaban J connectivity index is 1.19. The van der Waals surface area contributed by atoms with Crippen LogP contribution in [0.1, 0.15) is 42.7 Å². The fraction of sp³-hybridized carbons (Fsp3) is 0.323. The highest BCUT2D eigenvalue weighted by Gasteiger charge is 2.27. The van der Waals surface area contributed by atoms with E-state index in [1.807, 2.05) is 49.3 Å². The van der Waals surface area contributed by atoms with Crippen molar-refractivity contribution in [3.63, 3.8) is 0 Å². The number of amides is 1. The molecule has 6 heteroatoms. The van der Waals surface area contributed by atoms with Gasteiger partial charge in [-0.3, -0.25) is 4.79 Å². The average Bonchev–Trinajstić information content (AvgIpc) is 2.94. The molecular weight excluding hydrogens is 458 g/mol. The van der Waals surface area contributed by atoms with E-state index in [2.05, 4.69) is 65.2 Å². The Hall–Kier alpha value is -3.93. The minimum absolute atomic E-state index is 0.0418. The van der Waals surface area contributed by atoms with Crippen molar-refractivity contribution in [3.05, 3.63) is 96.1 Å². The fourth-order valence-corrected chi connectivity index (χ4v) is 5.29. The zero-order valence-corrected chi connectivity index (χ0v) is 21.6. The first kappa shape index (κ1) is 24.8. The number of carbonyl (C=O) groups is 1. The first-order valence-electron chi connectivity index (χ1n) is 13.2. The Morgan fingerprint density at radius 3 is 2.05 bits per heavy atom. The quantitative estimate of drug-likeness (QED) is 0.334. The van der Waals surface area contributed by atoms with Gasteiger partial charge in [0.15, 0.2) is 0 Å². The minimum Gasteiger partial charge on any atom is -0.362 e. The third kappa shape index (κ3) is 5.91. The van der Waals surface area contributed by atoms with Gasteiger partial charge in [-0.2, -0.15) is 4.98 Å². The van der Waals surface area contributed by atoms with Gasteiger partial charge in [-0.05, 0) is 48.9 Å². The number of fused-ring (bicyclic) bond motifs is 1. The summed E-state index contributed by atoms with van der Waals surface area (Å²) in [7, 11) is 4.00. The van der Waals surface area contributed by atoms with Crippen LogP contribution in [0.5, 0.6) is 0 Å². The second-order valence-corrected chi connectivity index (χ2v) is 10.1. The van der Waals surface area contributed by atoms with Gasteiger partial charge in [0.1, 0.15) is 5.82 Å². The fourth-order valence-electron chi connectivity index (χ4n) is 5.29. The molecule has 37 heavy (non-hydrogen) atoms. The number of carbonyl (C=O) groups excluding carboxylic acids is 1. The Morgan fingerprint density at radius 2 is 1.43 bits per heavy atom. The number of hydrogen-bond acceptors (Lipinski definition) is 5. The summed E-state index contributed by atoms with van der Waals surface area (Å²) in [4.78, 5) is 24.7. The second-order valence-electron chi connectivity index (χ2n) is 10.1. The predicted octanol–water partition coefficient (Wildman–Crippen LogP) is 5.61. The zero-order chi connectivity index (χ0) is 25.6. The van der Waals surface area contributed by atoms with Gasteiger partial charge in [-0.15, -0.1) is 0 Å². The molecule has 1 amide bonds. The molecule has 5 rings (SSSR count). The summed E-state index contributed by atoms with van der Waals surface area (Å²) in [5.41, 5.74) is 3.37. The molecule has 1 heterocycles. The van der Waals surface area contributed by atoms with Gasteiger partial charge in [-0.25, -0.2) is 4.98 Å². The number of rotatable bonds is 8. The summed E-state index contributed by atoms with van der Waals surface area (Å²) in [6.45, 7) is 0.600. The molecule has 1 fully saturated rings. The lowest BCUT2D eigenvalue weighted by Gasteiger charge is -2.29. The first-order valence-corrected chi connectivity index (χ1v) is 13.2. The zero-order valence-electron chi connectivity index (χ0n) is 21.6. The summed E-state index contributed by atoms with van der Waals surface area (Å²) in [5.74, 6) is 1.91. The largest absolute Gasteiger partial charge is 0.362 e. The van der Waals surface area contributed by atoms with E-state index in [9.17, 15) is 4.79 Å². The van der Waals surface area contributed by atoms with Crippen LogP contribution in [0, 0.1) is 5.92 Å². The molecule has 0 atom stereocenters. The highest BCUT2D eigenvalue weighted by atomic mass is 16.1. The third-order valence-corrected chi connectivity index (χ3v) is 7.32. The summed E-state index contributed by atoms with van der Waals surface area (Å²) in [6, 6.07) is 29.2. The Morgan fingerprint density at radius 1 is 0.838 bits per heavy atom. The average molecular weight is 494 g/mol. The van der Waals surface area contributed by atoms with E-state index in [-0.39, 0.29) is 23.8 Å². The maximum Gasteiger partial charge on any atom is 0.225 e. The van der Waals surface area contributed by atoms with E-state index < -0.39 is 0 Å². The molecule has 0 unspecified atom stereocenters. The molecule has 1 aliphatic rings. The van der Waals surface area contributed by atoms with Crippen molar-refractivity contribution in [2.24, 2.45) is 5.92 Å². The lowest BCUT2D eigenvalue weighted by molar-refractivity contribution is -0.125. The van der Waals surface area contributed by atoms with Gasteiger partial charge in [0.25, 0.3) is 0 Å². The Kier molecular flexibility index (Phi) is 7.64. The van der Waals surface area contributed by atoms with Crippen molar-refractivity contribution in [1.29, 1.82) is 0 Å². The standard InChI is InChI=1S/C31H35N5O/c1-36(2)29-26-15-9-10-16-28(26)34-31(35-29)33-25-19-17-24(18-20-25)30(37)32-21-27(22-11-5-3-6-12-22)23-13-7-4-8-14-23/h3-16,24-25,27H,17-21H2,1-2H3,(H,32,37)(H,33,34,35)/t24-,25+. The minimum atomic E-state index is 0.0418. The molecule has 0 bridgehead atoms. The van der Waals surface area contributed by atoms with E-state index >= 15 is 0 Å². The topological polar surface area (TPSA) is 70.2 Å². The monoisotopic (exact) mass is 493 g/mol. The van der Waals surface area contributed by atoms with E-state index in [0.29, 0.717) is 12.5 Å². The molecular formula is C31H35N5O. The smallest absolute Gasteiger partial charge is 0.225 e. The van der Waals surface area contributed by atoms with Crippen molar-refractivity contribution in [3.8, 4) is 0 Å². The van der Waals surface area contributed by atoms with Crippen LogP contribution in [-0.4, -0.2) is 42.6 Å². The van der Waals surface area contributed by atoms with Gasteiger partial charge >= 0.3 is 0 Å². The van der Waals surface area contributed by atoms with E-state index in [0.717, 1.165) is 42.4 Å². The number of nitrogens with one attached hydrogen (secondary N) is 2. The van der Waals surface area contributed by atoms with Crippen LogP contribution in [0.4, 0.5) is 11.8 Å². The van der Waals surface area contributed by atoms with Crippen molar-refractivity contribution in [2.75, 3.05) is 30.9 Å². The molecule has 190 valence electrons. The lowest BCUT2D eigenvalue weighted by atomic mass is 9.85. The van der Waals surface area contributed by atoms with Gasteiger partial charge in [0.05, 0.1) is 5.52 Å². The van der Waals surface area contributed by atoms with Crippen LogP contribution in [0.15, 0.2) is 84.9 Å². The number of benzene rings is 3. The Bertz CT molecular complexity index is 1280. The van der Waals surface area contributed by atoms with Gasteiger partial charge in [0.2, 0.25) is 11.9 Å². The number of nitrogens with zero attached hydrogens (tertiary/aromatic N) is 3. The summed E-state index contributed by atoms with van der Waals surface area (Å²) < 4.78 is 0. The normalized spacial score (nSPS) is 17.5. The van der Waals surface area contributed by atoms with Crippen molar-refractivity contribution >= 4 is 28.6 Å². The molecule has 6 nitrogen and oxygen atoms in total. The molecule has 3 aromatic carbocycles. The highest BCUT2D eigenvalue weighted by Crippen LogP contribution is 2.29. The molecule has 1 aromatic heterocycles. The predicted molar refractivity (Wildman–Crippen MR) is 151 cm³/mol. The molecule has 1 aliphatic carbocycles. The molecule has 2 N–H and O–H groups in total. The first-order chi connectivity index (χ1) is 18.1. The second kappa shape index (κ2) is 11.4.